The molecule has 0 saturated carbocycles. The molecule has 1 aromatic heterocycles. The van der Waals surface area contributed by atoms with Gasteiger partial charge in [-0.15, -0.1) is 0 Å². The zero-order valence-electron chi connectivity index (χ0n) is 12.4. The van der Waals surface area contributed by atoms with E-state index in [1.165, 1.54) is 4.90 Å². The fraction of sp³-hybridized carbons (Fsp3) is 0.188. The van der Waals surface area contributed by atoms with Gasteiger partial charge in [-0.2, -0.15) is 0 Å². The number of nitrogens with zero attached hydrogens (tertiary/aromatic N) is 2. The minimum absolute atomic E-state index is 0.0970. The lowest BCUT2D eigenvalue weighted by Crippen LogP contribution is -2.43. The minimum atomic E-state index is -0.304. The number of hydrogen-bond donors (Lipinski definition) is 1. The number of aromatic nitrogens is 1. The van der Waals surface area contributed by atoms with Gasteiger partial charge >= 0.3 is 0 Å². The molecule has 2 heterocycles. The second kappa shape index (κ2) is 6.37. The molecule has 0 bridgehead atoms. The number of carbonyl (C=O) groups is 2. The van der Waals surface area contributed by atoms with E-state index in [2.05, 4.69) is 26.2 Å². The number of anilines is 2. The molecule has 0 fully saturated rings. The van der Waals surface area contributed by atoms with Crippen LogP contribution >= 0.6 is 15.9 Å². The third-order valence-electron chi connectivity index (χ3n) is 3.36. The summed E-state index contributed by atoms with van der Waals surface area (Å²) in [5, 5.41) is 2.79. The number of pyridine rings is 1. The van der Waals surface area contributed by atoms with Crippen LogP contribution in [-0.4, -0.2) is 29.9 Å². The Morgan fingerprint density at radius 1 is 1.43 bits per heavy atom. The highest BCUT2D eigenvalue weighted by atomic mass is 79.9. The van der Waals surface area contributed by atoms with Crippen LogP contribution in [0.5, 0.6) is 5.75 Å². The average molecular weight is 376 g/mol. The molecule has 2 amide bonds. The maximum Gasteiger partial charge on any atom is 0.266 e. The molecule has 6 nitrogen and oxygen atoms in total. The van der Waals surface area contributed by atoms with Gasteiger partial charge in [0.25, 0.3) is 5.91 Å². The molecule has 0 saturated heterocycles. The van der Waals surface area contributed by atoms with Crippen molar-refractivity contribution < 1.29 is 14.3 Å². The highest BCUT2D eigenvalue weighted by Gasteiger charge is 2.28. The first-order valence-electron chi connectivity index (χ1n) is 6.99. The van der Waals surface area contributed by atoms with Gasteiger partial charge in [0.2, 0.25) is 5.91 Å². The molecule has 23 heavy (non-hydrogen) atoms. The quantitative estimate of drug-likeness (QED) is 0.894. The first-order valence-corrected chi connectivity index (χ1v) is 7.78. The largest absolute Gasteiger partial charge is 0.480 e. The maximum atomic E-state index is 12.3. The van der Waals surface area contributed by atoms with E-state index in [0.717, 1.165) is 10.0 Å². The highest BCUT2D eigenvalue weighted by molar-refractivity contribution is 9.10. The van der Waals surface area contributed by atoms with E-state index in [1.807, 2.05) is 25.1 Å². The fourth-order valence-electron chi connectivity index (χ4n) is 2.25. The minimum Gasteiger partial charge on any atom is -0.480 e. The Morgan fingerprint density at radius 3 is 3.04 bits per heavy atom. The predicted molar refractivity (Wildman–Crippen MR) is 89.6 cm³/mol. The molecule has 1 N–H and O–H groups in total. The molecule has 7 heteroatoms. The number of rotatable bonds is 3. The summed E-state index contributed by atoms with van der Waals surface area (Å²) < 4.78 is 6.09. The van der Waals surface area contributed by atoms with E-state index in [4.69, 9.17) is 4.74 Å². The van der Waals surface area contributed by atoms with Crippen LogP contribution in [0.3, 0.4) is 0 Å². The van der Waals surface area contributed by atoms with Crippen LogP contribution in [-0.2, 0) is 9.59 Å². The van der Waals surface area contributed by atoms with E-state index in [-0.39, 0.29) is 25.0 Å². The number of aryl methyl sites for hydroxylation is 1. The Hall–Kier alpha value is -2.41. The van der Waals surface area contributed by atoms with Gasteiger partial charge in [-0.3, -0.25) is 14.5 Å². The highest BCUT2D eigenvalue weighted by Crippen LogP contribution is 2.29. The van der Waals surface area contributed by atoms with Crippen molar-refractivity contribution in [1.82, 2.24) is 4.98 Å². The second-order valence-corrected chi connectivity index (χ2v) is 5.98. The summed E-state index contributed by atoms with van der Waals surface area (Å²) in [4.78, 5) is 29.8. The van der Waals surface area contributed by atoms with Gasteiger partial charge < -0.3 is 10.1 Å². The van der Waals surface area contributed by atoms with Crippen molar-refractivity contribution in [2.75, 3.05) is 23.4 Å². The number of hydrogen-bond acceptors (Lipinski definition) is 4. The van der Waals surface area contributed by atoms with Crippen molar-refractivity contribution in [3.05, 3.63) is 46.6 Å². The first kappa shape index (κ1) is 15.5. The van der Waals surface area contributed by atoms with Crippen molar-refractivity contribution in [2.24, 2.45) is 0 Å². The fourth-order valence-corrected chi connectivity index (χ4v) is 2.84. The third kappa shape index (κ3) is 3.34. The van der Waals surface area contributed by atoms with Crippen LogP contribution in [0.15, 0.2) is 41.0 Å². The topological polar surface area (TPSA) is 71.5 Å². The van der Waals surface area contributed by atoms with E-state index in [0.29, 0.717) is 17.3 Å². The van der Waals surface area contributed by atoms with Crippen molar-refractivity contribution in [2.45, 2.75) is 6.92 Å². The van der Waals surface area contributed by atoms with E-state index >= 15 is 0 Å². The Balaban J connectivity index is 1.76. The number of nitrogens with one attached hydrogen (secondary N) is 1. The zero-order valence-corrected chi connectivity index (χ0v) is 14.0. The van der Waals surface area contributed by atoms with Crippen LogP contribution < -0.4 is 15.0 Å². The normalized spacial score (nSPS) is 13.3. The molecule has 0 spiro atoms. The van der Waals surface area contributed by atoms with Crippen molar-refractivity contribution in [1.29, 1.82) is 0 Å². The predicted octanol–water partition coefficient (Wildman–Crippen LogP) is 2.52. The standard InChI is InChI=1S/C16H14BrN3O3/c1-10-4-5-12(11(17)7-10)19-14(21)8-20-15(22)9-23-13-3-2-6-18-16(13)20/h2-7H,8-9H2,1H3,(H,19,21). The summed E-state index contributed by atoms with van der Waals surface area (Å²) in [5.41, 5.74) is 1.74. The second-order valence-electron chi connectivity index (χ2n) is 5.13. The van der Waals surface area contributed by atoms with Crippen LogP contribution in [0.1, 0.15) is 5.56 Å². The molecule has 3 rings (SSSR count). The summed E-state index contributed by atoms with van der Waals surface area (Å²) in [6, 6.07) is 9.06. The average Bonchev–Trinajstić information content (AvgIpc) is 2.53. The van der Waals surface area contributed by atoms with Gasteiger partial charge in [0.15, 0.2) is 18.2 Å². The molecule has 2 aromatic rings. The number of halogens is 1. The van der Waals surface area contributed by atoms with Crippen LogP contribution in [0, 0.1) is 6.92 Å². The Morgan fingerprint density at radius 2 is 2.26 bits per heavy atom. The number of fused-ring (bicyclic) bond motifs is 1. The number of benzene rings is 1. The van der Waals surface area contributed by atoms with Crippen molar-refractivity contribution >= 4 is 39.2 Å². The number of amides is 2. The van der Waals surface area contributed by atoms with Gasteiger partial charge in [-0.05, 0) is 52.7 Å². The van der Waals surface area contributed by atoms with Crippen LogP contribution in [0.25, 0.3) is 0 Å². The smallest absolute Gasteiger partial charge is 0.266 e. The van der Waals surface area contributed by atoms with Gasteiger partial charge in [0.05, 0.1) is 5.69 Å². The molecule has 1 aliphatic heterocycles. The van der Waals surface area contributed by atoms with Gasteiger partial charge in [0, 0.05) is 10.7 Å². The molecular weight excluding hydrogens is 362 g/mol. The summed E-state index contributed by atoms with van der Waals surface area (Å²) in [6.45, 7) is 1.75. The van der Waals surface area contributed by atoms with Crippen LogP contribution in [0.2, 0.25) is 0 Å². The monoisotopic (exact) mass is 375 g/mol. The number of ether oxygens (including phenoxy) is 1. The summed E-state index contributed by atoms with van der Waals surface area (Å²) in [7, 11) is 0. The molecule has 1 aromatic carbocycles. The lowest BCUT2D eigenvalue weighted by atomic mass is 10.2. The van der Waals surface area contributed by atoms with Crippen molar-refractivity contribution in [3.63, 3.8) is 0 Å². The van der Waals surface area contributed by atoms with Gasteiger partial charge in [-0.25, -0.2) is 4.98 Å². The molecule has 118 valence electrons. The van der Waals surface area contributed by atoms with E-state index in [1.54, 1.807) is 18.3 Å². The lowest BCUT2D eigenvalue weighted by molar-refractivity contribution is -0.123. The molecule has 0 aliphatic carbocycles. The zero-order chi connectivity index (χ0) is 16.4. The van der Waals surface area contributed by atoms with E-state index in [9.17, 15) is 9.59 Å². The van der Waals surface area contributed by atoms with E-state index < -0.39 is 0 Å². The van der Waals surface area contributed by atoms with Gasteiger partial charge in [-0.1, -0.05) is 6.07 Å². The molecule has 0 atom stereocenters. The van der Waals surface area contributed by atoms with Crippen LogP contribution in [0.4, 0.5) is 11.5 Å². The molecule has 0 radical (unpaired) electrons. The van der Waals surface area contributed by atoms with Crippen molar-refractivity contribution in [3.8, 4) is 5.75 Å². The Kier molecular flexibility index (Phi) is 4.29. The Labute approximate surface area is 141 Å². The van der Waals surface area contributed by atoms with Gasteiger partial charge in [0.1, 0.15) is 6.54 Å². The first-order chi connectivity index (χ1) is 11.0. The summed E-state index contributed by atoms with van der Waals surface area (Å²) >= 11 is 3.41. The lowest BCUT2D eigenvalue weighted by Gasteiger charge is -2.27. The molecular formula is C16H14BrN3O3. The summed E-state index contributed by atoms with van der Waals surface area (Å²) in [5.74, 6) is 0.258. The number of carbonyl (C=O) groups excluding carboxylic acids is 2. The third-order valence-corrected chi connectivity index (χ3v) is 4.02. The Bertz CT molecular complexity index is 779. The SMILES string of the molecule is Cc1ccc(NC(=O)CN2C(=O)COc3cccnc32)c(Br)c1. The molecule has 1 aliphatic rings. The maximum absolute atomic E-state index is 12.3. The summed E-state index contributed by atoms with van der Waals surface area (Å²) in [6.07, 6.45) is 1.56. The molecule has 0 unspecified atom stereocenters.